The fourth-order valence-electron chi connectivity index (χ4n) is 2.60. The third-order valence-corrected chi connectivity index (χ3v) is 4.42. The molecule has 1 heterocycles. The first-order chi connectivity index (χ1) is 9.49. The lowest BCUT2D eigenvalue weighted by atomic mass is 9.92. The molecule has 0 radical (unpaired) electrons. The number of nitrogens with zero attached hydrogens (tertiary/aromatic N) is 1. The van der Waals surface area contributed by atoms with Gasteiger partial charge in [-0.15, -0.1) is 0 Å². The quantitative estimate of drug-likeness (QED) is 0.928. The van der Waals surface area contributed by atoms with Crippen molar-refractivity contribution in [3.8, 4) is 0 Å². The standard InChI is InChI=1S/C15H20Cl2N2O/c1-10-4-3-7-18-14(10)15(20)19(2)9-11-5-6-12(16)8-13(11)17/h5-6,8,10,14,18H,3-4,7,9H2,1-2H3. The Morgan fingerprint density at radius 1 is 1.45 bits per heavy atom. The summed E-state index contributed by atoms with van der Waals surface area (Å²) in [6.45, 7) is 3.54. The summed E-state index contributed by atoms with van der Waals surface area (Å²) in [6, 6.07) is 5.28. The van der Waals surface area contributed by atoms with Crippen LogP contribution < -0.4 is 5.32 Å². The van der Waals surface area contributed by atoms with Gasteiger partial charge >= 0.3 is 0 Å². The molecule has 1 aromatic rings. The van der Waals surface area contributed by atoms with Gasteiger partial charge in [0, 0.05) is 23.6 Å². The van der Waals surface area contributed by atoms with Crippen molar-refractivity contribution < 1.29 is 4.79 Å². The molecule has 1 amide bonds. The van der Waals surface area contributed by atoms with E-state index in [0.717, 1.165) is 24.9 Å². The Bertz CT molecular complexity index is 493. The molecule has 3 nitrogen and oxygen atoms in total. The Morgan fingerprint density at radius 2 is 2.20 bits per heavy atom. The van der Waals surface area contributed by atoms with Crippen molar-refractivity contribution in [2.24, 2.45) is 5.92 Å². The van der Waals surface area contributed by atoms with Crippen molar-refractivity contribution in [3.63, 3.8) is 0 Å². The average Bonchev–Trinajstić information content (AvgIpc) is 2.41. The van der Waals surface area contributed by atoms with Gasteiger partial charge in [-0.3, -0.25) is 4.79 Å². The minimum atomic E-state index is -0.0835. The van der Waals surface area contributed by atoms with Crippen LogP contribution in [-0.2, 0) is 11.3 Å². The maximum Gasteiger partial charge on any atom is 0.240 e. The van der Waals surface area contributed by atoms with E-state index in [9.17, 15) is 4.79 Å². The van der Waals surface area contributed by atoms with Crippen LogP contribution >= 0.6 is 23.2 Å². The van der Waals surface area contributed by atoms with E-state index >= 15 is 0 Å². The number of halogens is 2. The first-order valence-corrected chi connectivity index (χ1v) is 7.67. The second-order valence-corrected chi connectivity index (χ2v) is 6.32. The van der Waals surface area contributed by atoms with E-state index in [-0.39, 0.29) is 11.9 Å². The minimum absolute atomic E-state index is 0.0835. The number of carbonyl (C=O) groups is 1. The largest absolute Gasteiger partial charge is 0.340 e. The van der Waals surface area contributed by atoms with Gasteiger partial charge in [0.15, 0.2) is 0 Å². The number of amides is 1. The molecule has 0 bridgehead atoms. The van der Waals surface area contributed by atoms with E-state index in [4.69, 9.17) is 23.2 Å². The molecule has 110 valence electrons. The molecule has 2 unspecified atom stereocenters. The number of likely N-dealkylation sites (N-methyl/N-ethyl adjacent to an activating group) is 1. The normalized spacial score (nSPS) is 22.6. The van der Waals surface area contributed by atoms with Crippen molar-refractivity contribution in [3.05, 3.63) is 33.8 Å². The van der Waals surface area contributed by atoms with Gasteiger partial charge in [-0.1, -0.05) is 36.2 Å². The fourth-order valence-corrected chi connectivity index (χ4v) is 3.07. The number of carbonyl (C=O) groups excluding carboxylic acids is 1. The van der Waals surface area contributed by atoms with Gasteiger partial charge in [0.1, 0.15) is 0 Å². The maximum atomic E-state index is 12.5. The van der Waals surface area contributed by atoms with Crippen molar-refractivity contribution in [1.29, 1.82) is 0 Å². The highest BCUT2D eigenvalue weighted by molar-refractivity contribution is 6.35. The Morgan fingerprint density at radius 3 is 2.85 bits per heavy atom. The molecule has 1 aliphatic rings. The second kappa shape index (κ2) is 6.79. The van der Waals surface area contributed by atoms with E-state index in [1.807, 2.05) is 13.1 Å². The van der Waals surface area contributed by atoms with Crippen LogP contribution in [0.5, 0.6) is 0 Å². The summed E-state index contributed by atoms with van der Waals surface area (Å²) in [5.41, 5.74) is 0.912. The molecule has 1 aliphatic heterocycles. The number of hydrogen-bond acceptors (Lipinski definition) is 2. The summed E-state index contributed by atoms with van der Waals surface area (Å²) in [4.78, 5) is 14.2. The molecule has 1 fully saturated rings. The molecule has 0 saturated carbocycles. The molecule has 1 aromatic carbocycles. The third kappa shape index (κ3) is 3.66. The molecular formula is C15H20Cl2N2O. The van der Waals surface area contributed by atoms with Crippen molar-refractivity contribution in [1.82, 2.24) is 10.2 Å². The monoisotopic (exact) mass is 314 g/mol. The maximum absolute atomic E-state index is 12.5. The topological polar surface area (TPSA) is 32.3 Å². The molecule has 1 N–H and O–H groups in total. The number of nitrogens with one attached hydrogen (secondary N) is 1. The SMILES string of the molecule is CC1CCCNC1C(=O)N(C)Cc1ccc(Cl)cc1Cl. The number of rotatable bonds is 3. The molecule has 5 heteroatoms. The summed E-state index contributed by atoms with van der Waals surface area (Å²) in [6.07, 6.45) is 2.23. The molecule has 20 heavy (non-hydrogen) atoms. The van der Waals surface area contributed by atoms with Crippen molar-refractivity contribution >= 4 is 29.1 Å². The summed E-state index contributed by atoms with van der Waals surface area (Å²) < 4.78 is 0. The van der Waals surface area contributed by atoms with Gasteiger partial charge in [0.2, 0.25) is 5.91 Å². The van der Waals surface area contributed by atoms with Gasteiger partial charge in [-0.05, 0) is 43.0 Å². The highest BCUT2D eigenvalue weighted by atomic mass is 35.5. The van der Waals surface area contributed by atoms with Crippen LogP contribution in [0.15, 0.2) is 18.2 Å². The van der Waals surface area contributed by atoms with Crippen LogP contribution in [0, 0.1) is 5.92 Å². The minimum Gasteiger partial charge on any atom is -0.340 e. The Kier molecular flexibility index (Phi) is 5.30. The second-order valence-electron chi connectivity index (χ2n) is 5.48. The summed E-state index contributed by atoms with van der Waals surface area (Å²) in [5, 5.41) is 4.52. The molecular weight excluding hydrogens is 295 g/mol. The molecule has 0 spiro atoms. The lowest BCUT2D eigenvalue weighted by molar-refractivity contribution is -0.134. The van der Waals surface area contributed by atoms with E-state index in [1.54, 1.807) is 17.0 Å². The summed E-state index contributed by atoms with van der Waals surface area (Å²) >= 11 is 12.0. The molecule has 1 saturated heterocycles. The summed E-state index contributed by atoms with van der Waals surface area (Å²) in [5.74, 6) is 0.502. The average molecular weight is 315 g/mol. The number of benzene rings is 1. The van der Waals surface area contributed by atoms with Gasteiger partial charge in [0.05, 0.1) is 6.04 Å². The van der Waals surface area contributed by atoms with Crippen molar-refractivity contribution in [2.45, 2.75) is 32.4 Å². The Hall–Kier alpha value is -0.770. The Labute approximate surface area is 130 Å². The fraction of sp³-hybridized carbons (Fsp3) is 0.533. The predicted molar refractivity (Wildman–Crippen MR) is 83.1 cm³/mol. The van der Waals surface area contributed by atoms with Gasteiger partial charge in [-0.2, -0.15) is 0 Å². The Balaban J connectivity index is 2.03. The molecule has 0 aromatic heterocycles. The first-order valence-electron chi connectivity index (χ1n) is 6.91. The molecule has 0 aliphatic carbocycles. The van der Waals surface area contributed by atoms with Crippen LogP contribution in [0.4, 0.5) is 0 Å². The van der Waals surface area contributed by atoms with E-state index < -0.39 is 0 Å². The first kappa shape index (κ1) is 15.6. The zero-order valence-electron chi connectivity index (χ0n) is 11.8. The van der Waals surface area contributed by atoms with Crippen LogP contribution in [0.2, 0.25) is 10.0 Å². The predicted octanol–water partition coefficient (Wildman–Crippen LogP) is 3.34. The van der Waals surface area contributed by atoms with Crippen LogP contribution in [-0.4, -0.2) is 30.4 Å². The van der Waals surface area contributed by atoms with Crippen LogP contribution in [0.25, 0.3) is 0 Å². The smallest absolute Gasteiger partial charge is 0.240 e. The van der Waals surface area contributed by atoms with E-state index in [2.05, 4.69) is 12.2 Å². The van der Waals surface area contributed by atoms with Gasteiger partial charge < -0.3 is 10.2 Å². The van der Waals surface area contributed by atoms with Crippen LogP contribution in [0.3, 0.4) is 0 Å². The lowest BCUT2D eigenvalue weighted by Gasteiger charge is -2.32. The zero-order valence-corrected chi connectivity index (χ0v) is 13.3. The van der Waals surface area contributed by atoms with Crippen LogP contribution in [0.1, 0.15) is 25.3 Å². The summed E-state index contributed by atoms with van der Waals surface area (Å²) in [7, 11) is 1.82. The third-order valence-electron chi connectivity index (χ3n) is 3.83. The van der Waals surface area contributed by atoms with Gasteiger partial charge in [-0.25, -0.2) is 0 Å². The van der Waals surface area contributed by atoms with E-state index in [1.165, 1.54) is 0 Å². The number of hydrogen-bond donors (Lipinski definition) is 1. The number of piperidine rings is 1. The van der Waals surface area contributed by atoms with Gasteiger partial charge in [0.25, 0.3) is 0 Å². The highest BCUT2D eigenvalue weighted by Crippen LogP contribution is 2.23. The lowest BCUT2D eigenvalue weighted by Crippen LogP contribution is -2.51. The van der Waals surface area contributed by atoms with E-state index in [0.29, 0.717) is 22.5 Å². The molecule has 2 atom stereocenters. The zero-order chi connectivity index (χ0) is 14.7. The highest BCUT2D eigenvalue weighted by Gasteiger charge is 2.29. The van der Waals surface area contributed by atoms with Crippen molar-refractivity contribution in [2.75, 3.05) is 13.6 Å². The molecule has 2 rings (SSSR count).